The van der Waals surface area contributed by atoms with E-state index in [0.717, 1.165) is 24.1 Å². The standard InChI is InChI=1S/C17H32N2O/c1-13(2)10-15(11-14(3)4)18-12-16(19(5)6)17-8-7-9-20-17/h7-9,13-16,18H,10-12H2,1-6H3. The maximum Gasteiger partial charge on any atom is 0.122 e. The van der Waals surface area contributed by atoms with Gasteiger partial charge in [-0.2, -0.15) is 0 Å². The fourth-order valence-electron chi connectivity index (χ4n) is 2.70. The molecule has 1 N–H and O–H groups in total. The molecule has 1 atom stereocenters. The van der Waals surface area contributed by atoms with E-state index >= 15 is 0 Å². The molecule has 0 aromatic carbocycles. The number of nitrogens with zero attached hydrogens (tertiary/aromatic N) is 1. The predicted octanol–water partition coefficient (Wildman–Crippen LogP) is 3.93. The lowest BCUT2D eigenvalue weighted by atomic mass is 9.95. The van der Waals surface area contributed by atoms with Crippen molar-refractivity contribution in [1.29, 1.82) is 0 Å². The molecule has 1 rings (SSSR count). The zero-order valence-electron chi connectivity index (χ0n) is 14.0. The number of likely N-dealkylation sites (N-methyl/N-ethyl adjacent to an activating group) is 1. The molecule has 0 aliphatic rings. The Labute approximate surface area is 124 Å². The zero-order chi connectivity index (χ0) is 15.1. The molecule has 0 saturated carbocycles. The van der Waals surface area contributed by atoms with Crippen LogP contribution in [0.3, 0.4) is 0 Å². The summed E-state index contributed by atoms with van der Waals surface area (Å²) in [6, 6.07) is 4.91. The van der Waals surface area contributed by atoms with Gasteiger partial charge in [0.1, 0.15) is 5.76 Å². The van der Waals surface area contributed by atoms with Crippen LogP contribution in [0.2, 0.25) is 0 Å². The van der Waals surface area contributed by atoms with E-state index < -0.39 is 0 Å². The van der Waals surface area contributed by atoms with Gasteiger partial charge in [-0.1, -0.05) is 27.7 Å². The topological polar surface area (TPSA) is 28.4 Å². The number of furan rings is 1. The van der Waals surface area contributed by atoms with Gasteiger partial charge in [0.05, 0.1) is 12.3 Å². The molecule has 0 aliphatic carbocycles. The maximum atomic E-state index is 5.57. The average Bonchev–Trinajstić information content (AvgIpc) is 2.80. The van der Waals surface area contributed by atoms with Crippen LogP contribution in [0.25, 0.3) is 0 Å². The van der Waals surface area contributed by atoms with Crippen LogP contribution in [0.1, 0.15) is 52.3 Å². The van der Waals surface area contributed by atoms with E-state index in [1.54, 1.807) is 6.26 Å². The first-order chi connectivity index (χ1) is 9.40. The first-order valence-corrected chi connectivity index (χ1v) is 7.83. The Morgan fingerprint density at radius 1 is 1.10 bits per heavy atom. The van der Waals surface area contributed by atoms with E-state index in [-0.39, 0.29) is 0 Å². The van der Waals surface area contributed by atoms with Crippen molar-refractivity contribution in [3.05, 3.63) is 24.2 Å². The van der Waals surface area contributed by atoms with Crippen LogP contribution in [0.15, 0.2) is 22.8 Å². The summed E-state index contributed by atoms with van der Waals surface area (Å²) >= 11 is 0. The second-order valence-electron chi connectivity index (χ2n) is 6.86. The Bertz CT molecular complexity index is 334. The zero-order valence-corrected chi connectivity index (χ0v) is 14.0. The van der Waals surface area contributed by atoms with E-state index in [4.69, 9.17) is 4.42 Å². The van der Waals surface area contributed by atoms with Crippen molar-refractivity contribution < 1.29 is 4.42 Å². The van der Waals surface area contributed by atoms with Crippen LogP contribution in [0, 0.1) is 11.8 Å². The molecule has 1 unspecified atom stereocenters. The van der Waals surface area contributed by atoms with E-state index in [0.29, 0.717) is 12.1 Å². The third-order valence-corrected chi connectivity index (χ3v) is 3.61. The maximum absolute atomic E-state index is 5.57. The summed E-state index contributed by atoms with van der Waals surface area (Å²) in [6.07, 6.45) is 4.22. The Kier molecular flexibility index (Phi) is 7.31. The lowest BCUT2D eigenvalue weighted by Crippen LogP contribution is -2.38. The summed E-state index contributed by atoms with van der Waals surface area (Å²) in [5, 5.41) is 3.75. The molecule has 1 aromatic rings. The van der Waals surface area contributed by atoms with Gasteiger partial charge in [0.25, 0.3) is 0 Å². The Morgan fingerprint density at radius 3 is 2.10 bits per heavy atom. The van der Waals surface area contributed by atoms with Gasteiger partial charge < -0.3 is 9.73 Å². The van der Waals surface area contributed by atoms with Gasteiger partial charge in [-0.3, -0.25) is 4.90 Å². The van der Waals surface area contributed by atoms with Crippen molar-refractivity contribution in [1.82, 2.24) is 10.2 Å². The number of nitrogens with one attached hydrogen (secondary N) is 1. The SMILES string of the molecule is CC(C)CC(CC(C)C)NCC(c1ccco1)N(C)C. The van der Waals surface area contributed by atoms with Crippen LogP contribution < -0.4 is 5.32 Å². The minimum Gasteiger partial charge on any atom is -0.468 e. The van der Waals surface area contributed by atoms with Crippen LogP contribution in [-0.2, 0) is 0 Å². The third-order valence-electron chi connectivity index (χ3n) is 3.61. The van der Waals surface area contributed by atoms with Crippen molar-refractivity contribution in [3.8, 4) is 0 Å². The van der Waals surface area contributed by atoms with E-state index in [9.17, 15) is 0 Å². The number of hydrogen-bond acceptors (Lipinski definition) is 3. The van der Waals surface area contributed by atoms with Gasteiger partial charge in [0.2, 0.25) is 0 Å². The molecule has 0 aliphatic heterocycles. The highest BCUT2D eigenvalue weighted by atomic mass is 16.3. The number of rotatable bonds is 9. The highest BCUT2D eigenvalue weighted by Crippen LogP contribution is 2.19. The smallest absolute Gasteiger partial charge is 0.122 e. The predicted molar refractivity (Wildman–Crippen MR) is 85.8 cm³/mol. The summed E-state index contributed by atoms with van der Waals surface area (Å²) in [6.45, 7) is 10.1. The highest BCUT2D eigenvalue weighted by molar-refractivity contribution is 5.05. The van der Waals surface area contributed by atoms with Gasteiger partial charge >= 0.3 is 0 Å². The van der Waals surface area contributed by atoms with Crippen molar-refractivity contribution in [2.75, 3.05) is 20.6 Å². The second-order valence-corrected chi connectivity index (χ2v) is 6.86. The van der Waals surface area contributed by atoms with E-state index in [1.807, 2.05) is 6.07 Å². The quantitative estimate of drug-likeness (QED) is 0.743. The molecule has 20 heavy (non-hydrogen) atoms. The van der Waals surface area contributed by atoms with Crippen molar-refractivity contribution in [3.63, 3.8) is 0 Å². The minimum atomic E-state index is 0.298. The monoisotopic (exact) mass is 280 g/mol. The van der Waals surface area contributed by atoms with Crippen LogP contribution in [0.4, 0.5) is 0 Å². The van der Waals surface area contributed by atoms with Crippen molar-refractivity contribution >= 4 is 0 Å². The fourth-order valence-corrected chi connectivity index (χ4v) is 2.70. The average molecular weight is 280 g/mol. The largest absolute Gasteiger partial charge is 0.468 e. The van der Waals surface area contributed by atoms with Gasteiger partial charge in [-0.25, -0.2) is 0 Å². The van der Waals surface area contributed by atoms with Crippen LogP contribution >= 0.6 is 0 Å². The summed E-state index contributed by atoms with van der Waals surface area (Å²) in [5.74, 6) is 2.50. The lowest BCUT2D eigenvalue weighted by molar-refractivity contribution is 0.233. The second kappa shape index (κ2) is 8.48. The summed E-state index contributed by atoms with van der Waals surface area (Å²) < 4.78 is 5.57. The molecular formula is C17H32N2O. The van der Waals surface area contributed by atoms with Gasteiger partial charge in [0, 0.05) is 12.6 Å². The Hall–Kier alpha value is -0.800. The Balaban J connectivity index is 2.58. The van der Waals surface area contributed by atoms with E-state index in [1.165, 1.54) is 12.8 Å². The molecule has 0 saturated heterocycles. The third kappa shape index (κ3) is 6.10. The molecule has 116 valence electrons. The first-order valence-electron chi connectivity index (χ1n) is 7.83. The van der Waals surface area contributed by atoms with Crippen LogP contribution in [-0.4, -0.2) is 31.6 Å². The van der Waals surface area contributed by atoms with Gasteiger partial charge in [-0.15, -0.1) is 0 Å². The molecule has 0 spiro atoms. The normalized spacial score (nSPS) is 13.9. The minimum absolute atomic E-state index is 0.298. The molecule has 1 aromatic heterocycles. The lowest BCUT2D eigenvalue weighted by Gasteiger charge is -2.28. The van der Waals surface area contributed by atoms with Gasteiger partial charge in [-0.05, 0) is 50.9 Å². The molecule has 0 fully saturated rings. The fraction of sp³-hybridized carbons (Fsp3) is 0.765. The summed E-state index contributed by atoms with van der Waals surface area (Å²) in [5.41, 5.74) is 0. The van der Waals surface area contributed by atoms with E-state index in [2.05, 4.69) is 58.1 Å². The first kappa shape index (κ1) is 17.3. The Morgan fingerprint density at radius 2 is 1.70 bits per heavy atom. The van der Waals surface area contributed by atoms with Crippen LogP contribution in [0.5, 0.6) is 0 Å². The summed E-state index contributed by atoms with van der Waals surface area (Å²) in [7, 11) is 4.21. The molecular weight excluding hydrogens is 248 g/mol. The molecule has 3 heteroatoms. The summed E-state index contributed by atoms with van der Waals surface area (Å²) in [4.78, 5) is 2.22. The number of hydrogen-bond donors (Lipinski definition) is 1. The van der Waals surface area contributed by atoms with Crippen molar-refractivity contribution in [2.24, 2.45) is 11.8 Å². The highest BCUT2D eigenvalue weighted by Gasteiger charge is 2.19. The molecule has 3 nitrogen and oxygen atoms in total. The van der Waals surface area contributed by atoms with Gasteiger partial charge in [0.15, 0.2) is 0 Å². The molecule has 0 radical (unpaired) electrons. The molecule has 1 heterocycles. The molecule has 0 amide bonds. The molecule has 0 bridgehead atoms. The van der Waals surface area contributed by atoms with Crippen molar-refractivity contribution in [2.45, 2.75) is 52.6 Å².